The van der Waals surface area contributed by atoms with Crippen molar-refractivity contribution in [1.29, 1.82) is 0 Å². The third kappa shape index (κ3) is 41.1. The summed E-state index contributed by atoms with van der Waals surface area (Å²) in [5, 5.41) is 20.1. The molecule has 1 aliphatic heterocycles. The maximum absolute atomic E-state index is 13.6. The number of amides is 6. The number of cyclic esters (lactones) is 1. The fraction of sp³-hybridized carbons (Fsp3) is 0.632. The van der Waals surface area contributed by atoms with Gasteiger partial charge in [-0.3, -0.25) is 38.4 Å². The second kappa shape index (κ2) is 50.5. The third-order valence-corrected chi connectivity index (χ3v) is 20.5. The average Bonchev–Trinajstić information content (AvgIpc) is 1.64. The van der Waals surface area contributed by atoms with Crippen molar-refractivity contribution in [1.82, 2.24) is 41.9 Å². The van der Waals surface area contributed by atoms with Crippen LogP contribution in [-0.4, -0.2) is 154 Å². The van der Waals surface area contributed by atoms with Gasteiger partial charge in [0.1, 0.15) is 62.7 Å². The highest BCUT2D eigenvalue weighted by Crippen LogP contribution is 2.20. The lowest BCUT2D eigenvalue weighted by Crippen LogP contribution is -2.46. The summed E-state index contributed by atoms with van der Waals surface area (Å²) < 4.78 is 22.2. The molecule has 30 heteroatoms. The number of ether oxygens (including phenoxy) is 4. The zero-order chi connectivity index (χ0) is 72.9. The Hall–Kier alpha value is -5.79. The standard InChI is InChI=1S/C39H64N4O9S3Si.C29H42N4O6S3/c1-10-12-13-14-15-19-34(45)54-22-17-16-18-28(25-33(44)50-21-24-56(7,8)9)51-37(48)30(20-23-53-6)43-35(46)29(11-2)42-36(47)31-27-55-32(41-31)26-40-38(49)52-39(3,4)5;1-4-6-7-8-9-13-26(35)41-15-11-10-12-20-17-24(34)30-18-25-31-23(19-42-25)28(37)32-21(5-2)27(36)33-22(14-16-40-3)29(38)39-20/h11,16,18,27-28,30H,10,12-15,17,19-26H2,1-9H3,(H,40,49)(H,42,47)(H,43,46);5,10,12,19-20,22H,4,6-9,11,13-18H2,1-3H3,(H,30,34)(H,32,37)(H,33,36)/b18-16+,29-11-;12-10+,21-5-/t28-,30+;20-,22+/m11/s1. The molecule has 0 spiro atoms. The van der Waals surface area contributed by atoms with Crippen molar-refractivity contribution in [3.05, 3.63) is 80.0 Å². The van der Waals surface area contributed by atoms with Crippen molar-refractivity contribution < 1.29 is 71.7 Å². The number of nitrogens with zero attached hydrogens (tertiary/aromatic N) is 2. The second-order valence-corrected chi connectivity index (χ2v) is 36.7. The molecular formula is C68H106N8O15S6Si. The smallest absolute Gasteiger partial charge is 0.408 e. The van der Waals surface area contributed by atoms with Gasteiger partial charge in [-0.05, 0) is 115 Å². The van der Waals surface area contributed by atoms with Gasteiger partial charge in [0.05, 0.1) is 32.5 Å². The summed E-state index contributed by atoms with van der Waals surface area (Å²) in [6.45, 7) is 19.7. The highest BCUT2D eigenvalue weighted by molar-refractivity contribution is 8.13. The van der Waals surface area contributed by atoms with E-state index >= 15 is 0 Å². The molecule has 548 valence electrons. The Kier molecular flexibility index (Phi) is 45.5. The van der Waals surface area contributed by atoms with Crippen LogP contribution < -0.4 is 31.9 Å². The van der Waals surface area contributed by atoms with E-state index in [2.05, 4.69) is 75.4 Å². The molecule has 0 aliphatic carbocycles. The Bertz CT molecular complexity index is 2980. The minimum absolute atomic E-state index is 0.0126. The molecule has 3 heterocycles. The Balaban J connectivity index is 0.000000693. The molecule has 0 saturated carbocycles. The Morgan fingerprint density at radius 3 is 2.06 bits per heavy atom. The lowest BCUT2D eigenvalue weighted by molar-refractivity contribution is -0.155. The summed E-state index contributed by atoms with van der Waals surface area (Å²) in [4.78, 5) is 149. The van der Waals surface area contributed by atoms with Crippen LogP contribution >= 0.6 is 69.7 Å². The molecule has 6 N–H and O–H groups in total. The van der Waals surface area contributed by atoms with Crippen LogP contribution in [0.25, 0.3) is 0 Å². The predicted molar refractivity (Wildman–Crippen MR) is 399 cm³/mol. The largest absolute Gasteiger partial charge is 0.466 e. The number of thioether (sulfide) groups is 4. The quantitative estimate of drug-likeness (QED) is 0.00904. The minimum Gasteiger partial charge on any atom is -0.466 e. The van der Waals surface area contributed by atoms with Gasteiger partial charge in [0.25, 0.3) is 23.6 Å². The molecule has 2 aromatic heterocycles. The van der Waals surface area contributed by atoms with Crippen LogP contribution in [0.2, 0.25) is 25.7 Å². The molecule has 0 fully saturated rings. The van der Waals surface area contributed by atoms with Crippen LogP contribution in [0.3, 0.4) is 0 Å². The number of thiazole rings is 2. The normalized spacial score (nSPS) is 16.0. The van der Waals surface area contributed by atoms with Crippen LogP contribution in [0.5, 0.6) is 0 Å². The lowest BCUT2D eigenvalue weighted by atomic mass is 10.1. The van der Waals surface area contributed by atoms with Crippen LogP contribution in [0.15, 0.2) is 58.6 Å². The number of nitrogens with one attached hydrogen (secondary N) is 6. The van der Waals surface area contributed by atoms with Crippen LogP contribution in [-0.2, 0) is 70.4 Å². The van der Waals surface area contributed by atoms with E-state index in [1.165, 1.54) is 95.2 Å². The first kappa shape index (κ1) is 88.3. The van der Waals surface area contributed by atoms with Crippen molar-refractivity contribution in [2.24, 2.45) is 0 Å². The third-order valence-electron chi connectivity index (χ3n) is 13.9. The summed E-state index contributed by atoms with van der Waals surface area (Å²) in [5.41, 5.74) is -0.620. The number of alkyl carbamates (subject to hydrolysis) is 1. The summed E-state index contributed by atoms with van der Waals surface area (Å²) in [6, 6.07) is -1.28. The Morgan fingerprint density at radius 1 is 0.816 bits per heavy atom. The highest BCUT2D eigenvalue weighted by Gasteiger charge is 2.30. The molecule has 0 aromatic carbocycles. The average molecular weight is 1500 g/mol. The van der Waals surface area contributed by atoms with Crippen molar-refractivity contribution >= 4 is 142 Å². The van der Waals surface area contributed by atoms with Gasteiger partial charge in [0.2, 0.25) is 5.91 Å². The zero-order valence-electron chi connectivity index (χ0n) is 59.3. The van der Waals surface area contributed by atoms with E-state index in [9.17, 15) is 52.7 Å². The van der Waals surface area contributed by atoms with Gasteiger partial charge in [0, 0.05) is 43.2 Å². The van der Waals surface area contributed by atoms with Gasteiger partial charge < -0.3 is 50.8 Å². The van der Waals surface area contributed by atoms with E-state index in [1.54, 1.807) is 64.3 Å². The maximum atomic E-state index is 13.6. The van der Waals surface area contributed by atoms with Crippen LogP contribution in [0.1, 0.15) is 195 Å². The summed E-state index contributed by atoms with van der Waals surface area (Å²) in [6.07, 6.45) is 24.3. The van der Waals surface area contributed by atoms with Gasteiger partial charge in [-0.25, -0.2) is 24.4 Å². The van der Waals surface area contributed by atoms with Crippen molar-refractivity contribution in [3.63, 3.8) is 0 Å². The molecule has 2 aromatic rings. The number of carbonyl (C=O) groups excluding carboxylic acids is 11. The first-order chi connectivity index (χ1) is 46.6. The number of hydrogen-bond acceptors (Lipinski definition) is 23. The molecule has 0 unspecified atom stereocenters. The van der Waals surface area contributed by atoms with E-state index in [0.717, 1.165) is 62.3 Å². The SMILES string of the molecule is C/C=C(\NC(=O)c1csc(CNC(=O)OC(C)(C)C)n1)C(=O)N[C@@H](CCSC)C(=O)O[C@H](/C=C/CCSC(=O)CCCCCCC)CC(=O)OCC[Si](C)(C)C.C/C=C1\NC(=O)c2csc(n2)CNC(=O)C[C@@H](/C=C/CCSC(=O)CCCCCCC)OC(=O)[C@H](CCSC)NC1=O. The number of esters is 3. The van der Waals surface area contributed by atoms with Crippen LogP contribution in [0.4, 0.5) is 4.79 Å². The molecule has 0 saturated heterocycles. The van der Waals surface area contributed by atoms with E-state index in [-0.39, 0.29) is 77.9 Å². The molecule has 98 heavy (non-hydrogen) atoms. The molecule has 1 aliphatic rings. The van der Waals surface area contributed by atoms with Crippen molar-refractivity contribution in [2.75, 3.05) is 42.1 Å². The first-order valence-electron chi connectivity index (χ1n) is 33.5. The highest BCUT2D eigenvalue weighted by atomic mass is 32.2. The lowest BCUT2D eigenvalue weighted by Gasteiger charge is -2.22. The fourth-order valence-electron chi connectivity index (χ4n) is 8.54. The van der Waals surface area contributed by atoms with E-state index in [0.29, 0.717) is 65.1 Å². The van der Waals surface area contributed by atoms with Gasteiger partial charge in [-0.15, -0.1) is 22.7 Å². The molecule has 2 bridgehead atoms. The van der Waals surface area contributed by atoms with Gasteiger partial charge in [-0.1, -0.05) is 133 Å². The predicted octanol–water partition coefficient (Wildman–Crippen LogP) is 12.3. The number of carbonyl (C=O) groups is 11. The zero-order valence-corrected chi connectivity index (χ0v) is 65.2. The van der Waals surface area contributed by atoms with Gasteiger partial charge in [0.15, 0.2) is 10.2 Å². The maximum Gasteiger partial charge on any atom is 0.408 e. The number of fused-ring (bicyclic) bond motifs is 2. The number of allylic oxidation sites excluding steroid dienone is 4. The van der Waals surface area contributed by atoms with E-state index in [1.807, 2.05) is 12.5 Å². The number of aromatic nitrogens is 2. The molecule has 4 atom stereocenters. The monoisotopic (exact) mass is 1490 g/mol. The van der Waals surface area contributed by atoms with Crippen molar-refractivity contribution in [3.8, 4) is 0 Å². The first-order valence-corrected chi connectivity index (χ1v) is 43.7. The molecule has 23 nitrogen and oxygen atoms in total. The summed E-state index contributed by atoms with van der Waals surface area (Å²) in [5.74, 6) is -2.62. The minimum atomic E-state index is -1.44. The van der Waals surface area contributed by atoms with Crippen molar-refractivity contribution in [2.45, 2.75) is 233 Å². The Labute approximate surface area is 605 Å². The summed E-state index contributed by atoms with van der Waals surface area (Å²) in [7, 11) is -1.44. The second-order valence-electron chi connectivity index (χ2n) is 24.9. The van der Waals surface area contributed by atoms with E-state index < -0.39 is 85.6 Å². The van der Waals surface area contributed by atoms with E-state index in [4.69, 9.17) is 18.9 Å². The number of hydrogen-bond donors (Lipinski definition) is 6. The van der Waals surface area contributed by atoms with Gasteiger partial charge in [-0.2, -0.15) is 23.5 Å². The van der Waals surface area contributed by atoms with Gasteiger partial charge >= 0.3 is 24.0 Å². The number of rotatable bonds is 39. The Morgan fingerprint density at radius 2 is 1.46 bits per heavy atom. The molecule has 6 amide bonds. The van der Waals surface area contributed by atoms with Crippen LogP contribution in [0, 0.1) is 0 Å². The fourth-order valence-corrected chi connectivity index (χ4v) is 13.2. The summed E-state index contributed by atoms with van der Waals surface area (Å²) >= 11 is 7.91. The number of unbranched alkanes of at least 4 members (excludes halogenated alkanes) is 8. The topological polar surface area (TPSA) is 323 Å². The molecule has 0 radical (unpaired) electrons. The molecule has 3 rings (SSSR count). The molecular weight excluding hydrogens is 1390 g/mol.